The van der Waals surface area contributed by atoms with Crippen LogP contribution in [-0.2, 0) is 0 Å². The predicted molar refractivity (Wildman–Crippen MR) is 120 cm³/mol. The average Bonchev–Trinajstić information content (AvgIpc) is 3.52. The summed E-state index contributed by atoms with van der Waals surface area (Å²) in [6.07, 6.45) is 3.38. The zero-order chi connectivity index (χ0) is 22.2. The smallest absolute Gasteiger partial charge is 0.231 e. The fourth-order valence-electron chi connectivity index (χ4n) is 5.38. The molecule has 1 saturated heterocycles. The normalized spacial score (nSPS) is 24.1. The van der Waals surface area contributed by atoms with E-state index in [9.17, 15) is 0 Å². The summed E-state index contributed by atoms with van der Waals surface area (Å²) < 4.78 is 34.9. The van der Waals surface area contributed by atoms with Gasteiger partial charge in [-0.05, 0) is 43.0 Å². The number of likely N-dealkylation sites (tertiary alicyclic amines) is 1. The maximum Gasteiger partial charge on any atom is 0.231 e. The number of methoxy groups -OCH3 is 3. The second kappa shape index (κ2) is 8.62. The van der Waals surface area contributed by atoms with Gasteiger partial charge in [-0.15, -0.1) is 0 Å². The van der Waals surface area contributed by atoms with Gasteiger partial charge in [-0.3, -0.25) is 4.90 Å². The first-order valence-electron chi connectivity index (χ1n) is 11.3. The van der Waals surface area contributed by atoms with Gasteiger partial charge >= 0.3 is 0 Å². The van der Waals surface area contributed by atoms with Crippen molar-refractivity contribution in [1.82, 2.24) is 4.90 Å². The number of ether oxygens (including phenoxy) is 6. The monoisotopic (exact) mass is 441 g/mol. The Morgan fingerprint density at radius 1 is 0.875 bits per heavy atom. The van der Waals surface area contributed by atoms with Crippen LogP contribution in [0.3, 0.4) is 0 Å². The molecule has 0 unspecified atom stereocenters. The second-order valence-electron chi connectivity index (χ2n) is 8.50. The predicted octanol–water partition coefficient (Wildman–Crippen LogP) is 4.41. The number of rotatable bonds is 6. The molecule has 3 aliphatic rings. The standard InChI is InChI=1S/C25H31NO6/c1-5-16-23(15-10-21(27-2)24(29-4)22(11-15)28-3)17-12-19-20(31-14-30-19)13-18(17)32-25(16)26-8-6-7-9-26/h10-13,16,23,25H,5-9,14H2,1-4H3/t16-,23-,25+/m1/s1. The van der Waals surface area contributed by atoms with Crippen molar-refractivity contribution >= 4 is 0 Å². The van der Waals surface area contributed by atoms with E-state index >= 15 is 0 Å². The van der Waals surface area contributed by atoms with Gasteiger partial charge in [0.25, 0.3) is 0 Å². The number of nitrogens with zero attached hydrogens (tertiary/aromatic N) is 1. The Morgan fingerprint density at radius 2 is 1.53 bits per heavy atom. The molecule has 0 amide bonds. The molecule has 3 heterocycles. The van der Waals surface area contributed by atoms with Crippen LogP contribution in [0.2, 0.25) is 0 Å². The highest BCUT2D eigenvalue weighted by atomic mass is 16.7. The summed E-state index contributed by atoms with van der Waals surface area (Å²) in [4.78, 5) is 2.48. The first-order valence-corrected chi connectivity index (χ1v) is 11.3. The van der Waals surface area contributed by atoms with Crippen LogP contribution in [0.4, 0.5) is 0 Å². The van der Waals surface area contributed by atoms with Crippen LogP contribution in [0.15, 0.2) is 24.3 Å². The molecule has 2 aromatic carbocycles. The van der Waals surface area contributed by atoms with Crippen molar-refractivity contribution in [3.8, 4) is 34.5 Å². The molecule has 3 atom stereocenters. The molecule has 0 spiro atoms. The number of hydrogen-bond donors (Lipinski definition) is 0. The van der Waals surface area contributed by atoms with Crippen LogP contribution >= 0.6 is 0 Å². The van der Waals surface area contributed by atoms with Crippen molar-refractivity contribution in [1.29, 1.82) is 0 Å². The van der Waals surface area contributed by atoms with Gasteiger partial charge in [-0.25, -0.2) is 0 Å². The van der Waals surface area contributed by atoms with Gasteiger partial charge in [0.2, 0.25) is 12.5 Å². The summed E-state index contributed by atoms with van der Waals surface area (Å²) in [6.45, 7) is 4.59. The van der Waals surface area contributed by atoms with Crippen molar-refractivity contribution in [2.45, 2.75) is 38.3 Å². The number of benzene rings is 2. The number of fused-ring (bicyclic) bond motifs is 2. The molecule has 32 heavy (non-hydrogen) atoms. The summed E-state index contributed by atoms with van der Waals surface area (Å²) in [5.41, 5.74) is 2.21. The van der Waals surface area contributed by atoms with E-state index in [1.54, 1.807) is 21.3 Å². The minimum atomic E-state index is -0.000497. The lowest BCUT2D eigenvalue weighted by molar-refractivity contribution is -0.0257. The van der Waals surface area contributed by atoms with Gasteiger partial charge in [-0.2, -0.15) is 0 Å². The van der Waals surface area contributed by atoms with Crippen molar-refractivity contribution in [2.75, 3.05) is 41.2 Å². The second-order valence-corrected chi connectivity index (χ2v) is 8.50. The van der Waals surface area contributed by atoms with E-state index in [0.717, 1.165) is 47.9 Å². The van der Waals surface area contributed by atoms with Gasteiger partial charge in [0.05, 0.1) is 21.3 Å². The Kier molecular flexibility index (Phi) is 5.67. The van der Waals surface area contributed by atoms with Crippen molar-refractivity contribution in [3.63, 3.8) is 0 Å². The highest BCUT2D eigenvalue weighted by Gasteiger charge is 2.43. The van der Waals surface area contributed by atoms with E-state index in [0.29, 0.717) is 17.2 Å². The van der Waals surface area contributed by atoms with E-state index in [-0.39, 0.29) is 24.9 Å². The largest absolute Gasteiger partial charge is 0.493 e. The van der Waals surface area contributed by atoms with Crippen molar-refractivity contribution in [2.24, 2.45) is 5.92 Å². The third kappa shape index (κ3) is 3.39. The molecule has 2 aromatic rings. The van der Waals surface area contributed by atoms with Crippen LogP contribution in [0.5, 0.6) is 34.5 Å². The fourth-order valence-corrected chi connectivity index (χ4v) is 5.38. The lowest BCUT2D eigenvalue weighted by atomic mass is 9.75. The third-order valence-electron chi connectivity index (χ3n) is 6.90. The first-order chi connectivity index (χ1) is 15.7. The molecule has 7 nitrogen and oxygen atoms in total. The summed E-state index contributed by atoms with van der Waals surface area (Å²) >= 11 is 0. The molecular formula is C25H31NO6. The van der Waals surface area contributed by atoms with Gasteiger partial charge in [0, 0.05) is 36.6 Å². The van der Waals surface area contributed by atoms with E-state index in [4.69, 9.17) is 28.4 Å². The molecule has 0 aliphatic carbocycles. The minimum absolute atomic E-state index is 0.000497. The molecule has 7 heteroatoms. The Bertz CT molecular complexity index is 962. The van der Waals surface area contributed by atoms with Crippen LogP contribution in [0, 0.1) is 5.92 Å². The molecular weight excluding hydrogens is 410 g/mol. The molecule has 0 bridgehead atoms. The van der Waals surface area contributed by atoms with Gasteiger partial charge in [-0.1, -0.05) is 6.92 Å². The van der Waals surface area contributed by atoms with E-state index in [2.05, 4.69) is 30.0 Å². The van der Waals surface area contributed by atoms with Crippen LogP contribution in [0.1, 0.15) is 43.2 Å². The quantitative estimate of drug-likeness (QED) is 0.658. The lowest BCUT2D eigenvalue weighted by Gasteiger charge is -2.43. The molecule has 1 fully saturated rings. The maximum absolute atomic E-state index is 6.66. The Morgan fingerprint density at radius 3 is 2.12 bits per heavy atom. The third-order valence-corrected chi connectivity index (χ3v) is 6.90. The van der Waals surface area contributed by atoms with Crippen LogP contribution in [0.25, 0.3) is 0 Å². The van der Waals surface area contributed by atoms with Crippen molar-refractivity contribution in [3.05, 3.63) is 35.4 Å². The topological polar surface area (TPSA) is 58.6 Å². The molecule has 3 aliphatic heterocycles. The lowest BCUT2D eigenvalue weighted by Crippen LogP contribution is -2.47. The van der Waals surface area contributed by atoms with Crippen LogP contribution in [-0.4, -0.2) is 52.3 Å². The summed E-state index contributed by atoms with van der Waals surface area (Å²) in [5, 5.41) is 0. The number of hydrogen-bond acceptors (Lipinski definition) is 7. The van der Waals surface area contributed by atoms with Crippen molar-refractivity contribution < 1.29 is 28.4 Å². The fraction of sp³-hybridized carbons (Fsp3) is 0.520. The summed E-state index contributed by atoms with van der Waals surface area (Å²) in [7, 11) is 4.94. The molecule has 0 radical (unpaired) electrons. The first kappa shape index (κ1) is 21.1. The van der Waals surface area contributed by atoms with E-state index in [1.807, 2.05) is 6.07 Å². The van der Waals surface area contributed by atoms with E-state index < -0.39 is 0 Å². The highest BCUT2D eigenvalue weighted by Crippen LogP contribution is 2.52. The summed E-state index contributed by atoms with van der Waals surface area (Å²) in [5.74, 6) is 4.60. The summed E-state index contributed by atoms with van der Waals surface area (Å²) in [6, 6.07) is 8.19. The maximum atomic E-state index is 6.66. The SMILES string of the molecule is CC[C@@H]1[C@@H](c2cc(OC)c(OC)c(OC)c2)c2cc3c(cc2O[C@@H]1N1CCCC1)OCO3. The zero-order valence-electron chi connectivity index (χ0n) is 19.2. The molecule has 172 valence electrons. The Hall–Kier alpha value is -2.80. The molecule has 0 aromatic heterocycles. The molecule has 0 N–H and O–H groups in total. The van der Waals surface area contributed by atoms with Crippen LogP contribution < -0.4 is 28.4 Å². The van der Waals surface area contributed by atoms with E-state index in [1.165, 1.54) is 12.8 Å². The zero-order valence-corrected chi connectivity index (χ0v) is 19.2. The molecule has 5 rings (SSSR count). The average molecular weight is 442 g/mol. The van der Waals surface area contributed by atoms with Gasteiger partial charge < -0.3 is 28.4 Å². The Balaban J connectivity index is 1.68. The highest BCUT2D eigenvalue weighted by molar-refractivity contribution is 5.60. The van der Waals surface area contributed by atoms with Gasteiger partial charge in [0.1, 0.15) is 5.75 Å². The van der Waals surface area contributed by atoms with Gasteiger partial charge in [0.15, 0.2) is 29.2 Å². The minimum Gasteiger partial charge on any atom is -0.493 e. The Labute approximate surface area is 189 Å². The molecule has 0 saturated carbocycles.